The first-order chi connectivity index (χ1) is 8.83. The molecule has 0 fully saturated rings. The van der Waals surface area contributed by atoms with E-state index < -0.39 is 10.0 Å². The maximum Gasteiger partial charge on any atom is 0.251 e. The van der Waals surface area contributed by atoms with E-state index in [1.807, 2.05) is 0 Å². The molecule has 0 saturated heterocycles. The summed E-state index contributed by atoms with van der Waals surface area (Å²) in [5.41, 5.74) is 0.461. The van der Waals surface area contributed by atoms with Crippen molar-refractivity contribution in [3.05, 3.63) is 28.2 Å². The minimum absolute atomic E-state index is 0.153. The molecule has 0 heterocycles. The van der Waals surface area contributed by atoms with Gasteiger partial charge >= 0.3 is 0 Å². The minimum atomic E-state index is -3.48. The second-order valence-corrected chi connectivity index (χ2v) is 6.41. The third-order valence-corrected chi connectivity index (χ3v) is 3.78. The van der Waals surface area contributed by atoms with Crippen molar-refractivity contribution in [1.82, 2.24) is 5.32 Å². The molecule has 1 rings (SSSR count). The molecule has 0 aliphatic heterocycles. The summed E-state index contributed by atoms with van der Waals surface area (Å²) in [6, 6.07) is 4.93. The van der Waals surface area contributed by atoms with Gasteiger partial charge in [-0.1, -0.05) is 0 Å². The topological polar surface area (TPSA) is 98.5 Å². The van der Waals surface area contributed by atoms with Gasteiger partial charge in [0, 0.05) is 12.1 Å². The standard InChI is InChI=1S/C11H15BrN2O4S/c1-18-10-4-3-8(7-9(10)12)11(15)14-5-2-6-19(13,16)17/h3-4,7H,2,5-6H2,1H3,(H,14,15)(H2,13,16,17). The van der Waals surface area contributed by atoms with Crippen molar-refractivity contribution < 1.29 is 17.9 Å². The number of halogens is 1. The highest BCUT2D eigenvalue weighted by molar-refractivity contribution is 9.10. The monoisotopic (exact) mass is 350 g/mol. The highest BCUT2D eigenvalue weighted by Gasteiger charge is 2.09. The Kier molecular flexibility index (Phi) is 5.77. The molecule has 106 valence electrons. The number of ether oxygens (including phenoxy) is 1. The number of nitrogens with two attached hydrogens (primary N) is 1. The van der Waals surface area contributed by atoms with Crippen LogP contribution in [0.4, 0.5) is 0 Å². The molecule has 1 aromatic rings. The van der Waals surface area contributed by atoms with Gasteiger partial charge in [0.05, 0.1) is 17.3 Å². The molecule has 0 aliphatic rings. The van der Waals surface area contributed by atoms with Crippen molar-refractivity contribution in [3.63, 3.8) is 0 Å². The van der Waals surface area contributed by atoms with Gasteiger partial charge in [-0.25, -0.2) is 13.6 Å². The van der Waals surface area contributed by atoms with E-state index in [1.54, 1.807) is 18.2 Å². The molecule has 0 spiro atoms. The smallest absolute Gasteiger partial charge is 0.251 e. The lowest BCUT2D eigenvalue weighted by atomic mass is 10.2. The van der Waals surface area contributed by atoms with E-state index in [0.29, 0.717) is 15.8 Å². The normalized spacial score (nSPS) is 11.1. The van der Waals surface area contributed by atoms with Gasteiger partial charge in [-0.2, -0.15) is 0 Å². The number of carbonyl (C=O) groups excluding carboxylic acids is 1. The molecule has 0 unspecified atom stereocenters. The number of primary sulfonamides is 1. The van der Waals surface area contributed by atoms with Crippen LogP contribution < -0.4 is 15.2 Å². The fourth-order valence-corrected chi connectivity index (χ4v) is 2.47. The summed E-state index contributed by atoms with van der Waals surface area (Å²) in [4.78, 5) is 11.8. The first-order valence-electron chi connectivity index (χ1n) is 5.45. The Morgan fingerprint density at radius 1 is 1.47 bits per heavy atom. The van der Waals surface area contributed by atoms with Gasteiger partial charge in [0.1, 0.15) is 5.75 Å². The number of nitrogens with one attached hydrogen (secondary N) is 1. The zero-order valence-electron chi connectivity index (χ0n) is 10.3. The molecular formula is C11H15BrN2O4S. The second-order valence-electron chi connectivity index (χ2n) is 3.83. The van der Waals surface area contributed by atoms with Crippen LogP contribution in [-0.2, 0) is 10.0 Å². The maximum absolute atomic E-state index is 11.8. The van der Waals surface area contributed by atoms with Gasteiger partial charge in [-0.3, -0.25) is 4.79 Å². The quantitative estimate of drug-likeness (QED) is 0.743. The summed E-state index contributed by atoms with van der Waals surface area (Å²) in [7, 11) is -1.94. The molecule has 8 heteroatoms. The number of carbonyl (C=O) groups is 1. The molecule has 0 aromatic heterocycles. The number of amides is 1. The van der Waals surface area contributed by atoms with Crippen LogP contribution in [-0.4, -0.2) is 33.7 Å². The van der Waals surface area contributed by atoms with E-state index >= 15 is 0 Å². The largest absolute Gasteiger partial charge is 0.496 e. The molecule has 0 aliphatic carbocycles. The van der Waals surface area contributed by atoms with Gasteiger partial charge in [0.2, 0.25) is 10.0 Å². The summed E-state index contributed by atoms with van der Waals surface area (Å²) in [5, 5.41) is 7.47. The molecule has 0 radical (unpaired) electrons. The van der Waals surface area contributed by atoms with Crippen LogP contribution in [0.1, 0.15) is 16.8 Å². The van der Waals surface area contributed by atoms with E-state index in [-0.39, 0.29) is 24.6 Å². The lowest BCUT2D eigenvalue weighted by Gasteiger charge is -2.07. The highest BCUT2D eigenvalue weighted by atomic mass is 79.9. The van der Waals surface area contributed by atoms with Gasteiger partial charge in [0.25, 0.3) is 5.91 Å². The number of benzene rings is 1. The molecule has 0 saturated carbocycles. The maximum atomic E-state index is 11.8. The second kappa shape index (κ2) is 6.88. The summed E-state index contributed by atoms with van der Waals surface area (Å²) >= 11 is 3.28. The Morgan fingerprint density at radius 2 is 2.16 bits per heavy atom. The van der Waals surface area contributed by atoms with E-state index in [0.717, 1.165) is 0 Å². The van der Waals surface area contributed by atoms with Gasteiger partial charge < -0.3 is 10.1 Å². The first kappa shape index (κ1) is 15.9. The van der Waals surface area contributed by atoms with Crippen molar-refractivity contribution >= 4 is 31.9 Å². The number of rotatable bonds is 6. The predicted octanol–water partition coefficient (Wildman–Crippen LogP) is 0.866. The fraction of sp³-hybridized carbons (Fsp3) is 0.364. The zero-order chi connectivity index (χ0) is 14.5. The summed E-state index contributed by atoms with van der Waals surface area (Å²) in [6.07, 6.45) is 0.280. The Morgan fingerprint density at radius 3 is 2.68 bits per heavy atom. The van der Waals surface area contributed by atoms with E-state index in [9.17, 15) is 13.2 Å². The Hall–Kier alpha value is -1.12. The van der Waals surface area contributed by atoms with Gasteiger partial charge in [-0.15, -0.1) is 0 Å². The van der Waals surface area contributed by atoms with E-state index in [2.05, 4.69) is 21.2 Å². The minimum Gasteiger partial charge on any atom is -0.496 e. The molecule has 6 nitrogen and oxygen atoms in total. The average molecular weight is 351 g/mol. The summed E-state index contributed by atoms with van der Waals surface area (Å²) in [6.45, 7) is 0.249. The third-order valence-electron chi connectivity index (χ3n) is 2.31. The van der Waals surface area contributed by atoms with Crippen LogP contribution in [0.3, 0.4) is 0 Å². The van der Waals surface area contributed by atoms with Crippen LogP contribution in [0, 0.1) is 0 Å². The van der Waals surface area contributed by atoms with Gasteiger partial charge in [0.15, 0.2) is 0 Å². The first-order valence-corrected chi connectivity index (χ1v) is 7.96. The predicted molar refractivity (Wildman–Crippen MR) is 75.6 cm³/mol. The molecule has 19 heavy (non-hydrogen) atoms. The van der Waals surface area contributed by atoms with Crippen molar-refractivity contribution in [1.29, 1.82) is 0 Å². The third kappa shape index (κ3) is 5.58. The van der Waals surface area contributed by atoms with E-state index in [4.69, 9.17) is 9.88 Å². The van der Waals surface area contributed by atoms with Crippen molar-refractivity contribution in [3.8, 4) is 5.75 Å². The molecule has 1 amide bonds. The molecular weight excluding hydrogens is 336 g/mol. The number of methoxy groups -OCH3 is 1. The van der Waals surface area contributed by atoms with E-state index in [1.165, 1.54) is 7.11 Å². The Bertz CT molecular complexity index is 560. The van der Waals surface area contributed by atoms with Crippen LogP contribution in [0.5, 0.6) is 5.75 Å². The van der Waals surface area contributed by atoms with Gasteiger partial charge in [-0.05, 0) is 40.5 Å². The lowest BCUT2D eigenvalue weighted by molar-refractivity contribution is 0.0953. The summed E-state index contributed by atoms with van der Waals surface area (Å²) < 4.78 is 27.1. The summed E-state index contributed by atoms with van der Waals surface area (Å²) in [5.74, 6) is 0.197. The van der Waals surface area contributed by atoms with Crippen LogP contribution in [0.15, 0.2) is 22.7 Å². The van der Waals surface area contributed by atoms with Crippen LogP contribution in [0.2, 0.25) is 0 Å². The van der Waals surface area contributed by atoms with Crippen molar-refractivity contribution in [2.24, 2.45) is 5.14 Å². The highest BCUT2D eigenvalue weighted by Crippen LogP contribution is 2.25. The zero-order valence-corrected chi connectivity index (χ0v) is 12.8. The Labute approximate surface area is 120 Å². The van der Waals surface area contributed by atoms with Crippen molar-refractivity contribution in [2.75, 3.05) is 19.4 Å². The Balaban J connectivity index is 2.52. The fourth-order valence-electron chi connectivity index (χ4n) is 1.38. The number of hydrogen-bond acceptors (Lipinski definition) is 4. The molecule has 3 N–H and O–H groups in total. The SMILES string of the molecule is COc1ccc(C(=O)NCCCS(N)(=O)=O)cc1Br. The van der Waals surface area contributed by atoms with Crippen molar-refractivity contribution in [2.45, 2.75) is 6.42 Å². The van der Waals surface area contributed by atoms with Crippen LogP contribution in [0.25, 0.3) is 0 Å². The number of sulfonamides is 1. The van der Waals surface area contributed by atoms with Crippen LogP contribution >= 0.6 is 15.9 Å². The molecule has 0 atom stereocenters. The molecule has 1 aromatic carbocycles. The number of hydrogen-bond donors (Lipinski definition) is 2. The molecule has 0 bridgehead atoms. The lowest BCUT2D eigenvalue weighted by Crippen LogP contribution is -2.27. The average Bonchev–Trinajstić information content (AvgIpc) is 2.33.